The van der Waals surface area contributed by atoms with Gasteiger partial charge in [0, 0.05) is 10.6 Å². The number of hydrogen-bond donors (Lipinski definition) is 1. The number of aromatic nitrogens is 3. The molecule has 1 amide bonds. The van der Waals surface area contributed by atoms with Gasteiger partial charge in [-0.1, -0.05) is 22.9 Å². The van der Waals surface area contributed by atoms with Crippen LogP contribution in [0.25, 0.3) is 21.3 Å². The van der Waals surface area contributed by atoms with Crippen LogP contribution < -0.4 is 5.32 Å². The molecule has 114 valence electrons. The molecular weight excluding hydrogens is 352 g/mol. The van der Waals surface area contributed by atoms with Crippen molar-refractivity contribution in [3.8, 4) is 0 Å². The second-order valence-electron chi connectivity index (χ2n) is 4.96. The summed E-state index contributed by atoms with van der Waals surface area (Å²) in [5.41, 5.74) is 3.76. The maximum absolute atomic E-state index is 12.4. The SMILES string of the molecule is Cc1c(Cl)ccc2sc(NC(=O)c3ccc4nsnc4c3)nc12. The van der Waals surface area contributed by atoms with E-state index in [0.717, 1.165) is 38.5 Å². The van der Waals surface area contributed by atoms with Gasteiger partial charge in [-0.25, -0.2) is 4.98 Å². The molecule has 2 aromatic carbocycles. The summed E-state index contributed by atoms with van der Waals surface area (Å²) in [6.45, 7) is 1.92. The highest BCUT2D eigenvalue weighted by molar-refractivity contribution is 7.22. The quantitative estimate of drug-likeness (QED) is 0.570. The van der Waals surface area contributed by atoms with Crippen LogP contribution >= 0.6 is 34.7 Å². The van der Waals surface area contributed by atoms with E-state index in [9.17, 15) is 4.79 Å². The van der Waals surface area contributed by atoms with Crippen LogP contribution in [0.1, 0.15) is 15.9 Å². The first kappa shape index (κ1) is 14.5. The van der Waals surface area contributed by atoms with Crippen molar-refractivity contribution in [3.05, 3.63) is 46.5 Å². The van der Waals surface area contributed by atoms with E-state index in [0.29, 0.717) is 15.7 Å². The molecule has 0 aliphatic rings. The van der Waals surface area contributed by atoms with Crippen molar-refractivity contribution in [2.75, 3.05) is 5.32 Å². The van der Waals surface area contributed by atoms with Gasteiger partial charge in [0.1, 0.15) is 11.0 Å². The number of rotatable bonds is 2. The summed E-state index contributed by atoms with van der Waals surface area (Å²) in [5, 5.41) is 4.05. The number of thiazole rings is 1. The Balaban J connectivity index is 1.66. The highest BCUT2D eigenvalue weighted by atomic mass is 35.5. The first-order valence-corrected chi connectivity index (χ1v) is 8.63. The molecule has 0 saturated heterocycles. The van der Waals surface area contributed by atoms with E-state index in [1.165, 1.54) is 11.3 Å². The van der Waals surface area contributed by atoms with Crippen LogP contribution in [0.15, 0.2) is 30.3 Å². The molecule has 5 nitrogen and oxygen atoms in total. The number of carbonyl (C=O) groups excluding carboxylic acids is 1. The molecule has 4 rings (SSSR count). The molecule has 8 heteroatoms. The summed E-state index contributed by atoms with van der Waals surface area (Å²) in [4.78, 5) is 16.9. The third-order valence-electron chi connectivity index (χ3n) is 3.48. The zero-order valence-corrected chi connectivity index (χ0v) is 14.2. The van der Waals surface area contributed by atoms with E-state index in [2.05, 4.69) is 19.0 Å². The minimum atomic E-state index is -0.220. The van der Waals surface area contributed by atoms with E-state index in [-0.39, 0.29) is 5.91 Å². The predicted molar refractivity (Wildman–Crippen MR) is 94.7 cm³/mol. The molecule has 0 unspecified atom stereocenters. The highest BCUT2D eigenvalue weighted by Gasteiger charge is 2.13. The zero-order chi connectivity index (χ0) is 16.0. The second-order valence-corrected chi connectivity index (χ2v) is 6.93. The normalized spacial score (nSPS) is 11.2. The smallest absolute Gasteiger partial charge is 0.257 e. The van der Waals surface area contributed by atoms with Crippen molar-refractivity contribution < 1.29 is 4.79 Å². The van der Waals surface area contributed by atoms with Crippen LogP contribution in [0.5, 0.6) is 0 Å². The lowest BCUT2D eigenvalue weighted by molar-refractivity contribution is 0.102. The number of aryl methyl sites for hydroxylation is 1. The van der Waals surface area contributed by atoms with E-state index in [1.807, 2.05) is 19.1 Å². The van der Waals surface area contributed by atoms with Crippen LogP contribution in [0.2, 0.25) is 5.02 Å². The lowest BCUT2D eigenvalue weighted by Crippen LogP contribution is -2.11. The average molecular weight is 361 g/mol. The summed E-state index contributed by atoms with van der Waals surface area (Å²) >= 11 is 8.66. The average Bonchev–Trinajstić information content (AvgIpc) is 3.16. The maximum atomic E-state index is 12.4. The standard InChI is InChI=1S/C15H9ClN4OS2/c1-7-9(16)3-5-12-13(7)17-15(22-12)18-14(21)8-2-4-10-11(6-8)20-23-19-10/h2-6H,1H3,(H,17,18,21). The Morgan fingerprint density at radius 2 is 2.00 bits per heavy atom. The number of benzene rings is 2. The number of fused-ring (bicyclic) bond motifs is 2. The summed E-state index contributed by atoms with van der Waals surface area (Å²) in [6.07, 6.45) is 0. The van der Waals surface area contributed by atoms with Gasteiger partial charge in [0.25, 0.3) is 5.91 Å². The van der Waals surface area contributed by atoms with Crippen molar-refractivity contribution in [1.29, 1.82) is 0 Å². The first-order chi connectivity index (χ1) is 11.1. The molecule has 0 fully saturated rings. The number of anilines is 1. The van der Waals surface area contributed by atoms with E-state index in [1.54, 1.807) is 18.2 Å². The molecular formula is C15H9ClN4OS2. The second kappa shape index (κ2) is 5.52. The fraction of sp³-hybridized carbons (Fsp3) is 0.0667. The minimum Gasteiger partial charge on any atom is -0.298 e. The van der Waals surface area contributed by atoms with Crippen molar-refractivity contribution in [2.45, 2.75) is 6.92 Å². The lowest BCUT2D eigenvalue weighted by Gasteiger charge is -2.01. The Kier molecular flexibility index (Phi) is 3.48. The van der Waals surface area contributed by atoms with Gasteiger partial charge in [0.15, 0.2) is 5.13 Å². The zero-order valence-electron chi connectivity index (χ0n) is 11.8. The summed E-state index contributed by atoms with van der Waals surface area (Å²) < 4.78 is 9.26. The monoisotopic (exact) mass is 360 g/mol. The van der Waals surface area contributed by atoms with Crippen LogP contribution in [0, 0.1) is 6.92 Å². The van der Waals surface area contributed by atoms with Gasteiger partial charge in [-0.3, -0.25) is 10.1 Å². The van der Waals surface area contributed by atoms with Gasteiger partial charge in [-0.05, 0) is 42.8 Å². The third kappa shape index (κ3) is 2.56. The molecule has 2 heterocycles. The van der Waals surface area contributed by atoms with Crippen molar-refractivity contribution in [2.24, 2.45) is 0 Å². The van der Waals surface area contributed by atoms with Gasteiger partial charge in [-0.15, -0.1) is 0 Å². The Morgan fingerprint density at radius 1 is 1.17 bits per heavy atom. The number of carbonyl (C=O) groups is 1. The molecule has 0 aliphatic heterocycles. The van der Waals surface area contributed by atoms with Crippen molar-refractivity contribution >= 4 is 67.0 Å². The highest BCUT2D eigenvalue weighted by Crippen LogP contribution is 2.31. The Hall–Kier alpha value is -2.09. The van der Waals surface area contributed by atoms with Gasteiger partial charge >= 0.3 is 0 Å². The van der Waals surface area contributed by atoms with Crippen LogP contribution in [0.3, 0.4) is 0 Å². The van der Waals surface area contributed by atoms with E-state index in [4.69, 9.17) is 11.6 Å². The summed E-state index contributed by atoms with van der Waals surface area (Å²) in [6, 6.07) is 8.99. The predicted octanol–water partition coefficient (Wildman–Crippen LogP) is 4.52. The van der Waals surface area contributed by atoms with E-state index < -0.39 is 0 Å². The van der Waals surface area contributed by atoms with Gasteiger partial charge in [0.2, 0.25) is 0 Å². The third-order valence-corrected chi connectivity index (χ3v) is 5.39. The molecule has 0 saturated carbocycles. The molecule has 2 aromatic heterocycles. The Labute approximate surface area is 144 Å². The first-order valence-electron chi connectivity index (χ1n) is 6.71. The summed E-state index contributed by atoms with van der Waals surface area (Å²) in [7, 11) is 0. The van der Waals surface area contributed by atoms with Crippen LogP contribution in [-0.2, 0) is 0 Å². The van der Waals surface area contributed by atoms with Crippen LogP contribution in [0.4, 0.5) is 5.13 Å². The molecule has 23 heavy (non-hydrogen) atoms. The largest absolute Gasteiger partial charge is 0.298 e. The number of nitrogens with zero attached hydrogens (tertiary/aromatic N) is 3. The fourth-order valence-electron chi connectivity index (χ4n) is 2.25. The maximum Gasteiger partial charge on any atom is 0.257 e. The minimum absolute atomic E-state index is 0.220. The number of halogens is 1. The molecule has 4 aromatic rings. The Bertz CT molecular complexity index is 1060. The van der Waals surface area contributed by atoms with Gasteiger partial charge in [0.05, 0.1) is 21.9 Å². The van der Waals surface area contributed by atoms with E-state index >= 15 is 0 Å². The topological polar surface area (TPSA) is 67.8 Å². The number of hydrogen-bond acceptors (Lipinski definition) is 6. The molecule has 1 N–H and O–H groups in total. The molecule has 0 bridgehead atoms. The molecule has 0 atom stereocenters. The lowest BCUT2D eigenvalue weighted by atomic mass is 10.2. The van der Waals surface area contributed by atoms with Crippen LogP contribution in [-0.4, -0.2) is 19.6 Å². The number of nitrogens with one attached hydrogen (secondary N) is 1. The number of amides is 1. The van der Waals surface area contributed by atoms with Crippen molar-refractivity contribution in [1.82, 2.24) is 13.7 Å². The Morgan fingerprint density at radius 3 is 2.87 bits per heavy atom. The molecule has 0 aliphatic carbocycles. The fourth-order valence-corrected chi connectivity index (χ4v) is 3.84. The molecule has 0 spiro atoms. The van der Waals surface area contributed by atoms with Crippen molar-refractivity contribution in [3.63, 3.8) is 0 Å². The van der Waals surface area contributed by atoms with Gasteiger partial charge in [-0.2, -0.15) is 8.75 Å². The molecule has 0 radical (unpaired) electrons. The van der Waals surface area contributed by atoms with Gasteiger partial charge < -0.3 is 0 Å². The summed E-state index contributed by atoms with van der Waals surface area (Å²) in [5.74, 6) is -0.220.